The van der Waals surface area contributed by atoms with Gasteiger partial charge < -0.3 is 19.9 Å². The first-order valence-electron chi connectivity index (χ1n) is 7.67. The normalized spacial score (nSPS) is 19.4. The molecule has 1 aromatic rings. The number of hydrogen-bond donors (Lipinski definition) is 1. The molecular formula is C15H22N4O2. The topological polar surface area (TPSA) is 57.7 Å². The van der Waals surface area contributed by atoms with Crippen LogP contribution in [-0.2, 0) is 4.74 Å². The molecule has 2 fully saturated rings. The van der Waals surface area contributed by atoms with E-state index in [4.69, 9.17) is 4.74 Å². The summed E-state index contributed by atoms with van der Waals surface area (Å²) in [6.07, 6.45) is 5.15. The molecule has 0 aromatic carbocycles. The number of piperidine rings is 1. The minimum atomic E-state index is -0.0179. The molecule has 0 saturated carbocycles. The molecule has 3 heterocycles. The maximum atomic E-state index is 12.1. The minimum Gasteiger partial charge on any atom is -0.378 e. The van der Waals surface area contributed by atoms with Crippen molar-refractivity contribution in [3.63, 3.8) is 0 Å². The second-order valence-electron chi connectivity index (χ2n) is 5.48. The average molecular weight is 290 g/mol. The summed E-state index contributed by atoms with van der Waals surface area (Å²) < 4.78 is 5.33. The van der Waals surface area contributed by atoms with E-state index < -0.39 is 0 Å². The number of ether oxygens (including phenoxy) is 1. The molecule has 0 bridgehead atoms. The Morgan fingerprint density at radius 3 is 2.52 bits per heavy atom. The van der Waals surface area contributed by atoms with E-state index >= 15 is 0 Å². The van der Waals surface area contributed by atoms with E-state index in [-0.39, 0.29) is 6.03 Å². The number of nitrogens with zero attached hydrogens (tertiary/aromatic N) is 3. The van der Waals surface area contributed by atoms with Gasteiger partial charge in [0.2, 0.25) is 0 Å². The smallest absolute Gasteiger partial charge is 0.321 e. The number of urea groups is 1. The lowest BCUT2D eigenvalue weighted by Crippen LogP contribution is -2.38. The Kier molecular flexibility index (Phi) is 4.55. The third kappa shape index (κ3) is 3.64. The largest absolute Gasteiger partial charge is 0.378 e. The molecule has 0 aliphatic carbocycles. The maximum absolute atomic E-state index is 12.1. The molecule has 6 nitrogen and oxygen atoms in total. The summed E-state index contributed by atoms with van der Waals surface area (Å²) in [6, 6.07) is 3.85. The summed E-state index contributed by atoms with van der Waals surface area (Å²) >= 11 is 0. The van der Waals surface area contributed by atoms with Crippen LogP contribution in [-0.4, -0.2) is 55.3 Å². The van der Waals surface area contributed by atoms with Crippen molar-refractivity contribution in [2.45, 2.75) is 19.3 Å². The van der Waals surface area contributed by atoms with Crippen LogP contribution in [0.15, 0.2) is 18.3 Å². The van der Waals surface area contributed by atoms with Gasteiger partial charge in [-0.05, 0) is 31.4 Å². The SMILES string of the molecule is O=C(Nc1ccc(N2CCOCC2)nc1)N1CCCCC1. The van der Waals surface area contributed by atoms with Crippen LogP contribution in [0.3, 0.4) is 0 Å². The van der Waals surface area contributed by atoms with Gasteiger partial charge in [-0.2, -0.15) is 0 Å². The van der Waals surface area contributed by atoms with E-state index in [2.05, 4.69) is 15.2 Å². The lowest BCUT2D eigenvalue weighted by Gasteiger charge is -2.28. The lowest BCUT2D eigenvalue weighted by molar-refractivity contribution is 0.122. The first kappa shape index (κ1) is 14.1. The Morgan fingerprint density at radius 1 is 1.10 bits per heavy atom. The van der Waals surface area contributed by atoms with Crippen molar-refractivity contribution in [1.82, 2.24) is 9.88 Å². The van der Waals surface area contributed by atoms with E-state index in [1.807, 2.05) is 17.0 Å². The molecular weight excluding hydrogens is 268 g/mol. The van der Waals surface area contributed by atoms with Crippen molar-refractivity contribution in [3.05, 3.63) is 18.3 Å². The molecule has 1 aromatic heterocycles. The molecule has 2 aliphatic heterocycles. The fraction of sp³-hybridized carbons (Fsp3) is 0.600. The highest BCUT2D eigenvalue weighted by atomic mass is 16.5. The Labute approximate surface area is 125 Å². The second-order valence-corrected chi connectivity index (χ2v) is 5.48. The number of morpholine rings is 1. The maximum Gasteiger partial charge on any atom is 0.321 e. The van der Waals surface area contributed by atoms with Crippen molar-refractivity contribution in [3.8, 4) is 0 Å². The minimum absolute atomic E-state index is 0.0179. The van der Waals surface area contributed by atoms with Gasteiger partial charge in [-0.25, -0.2) is 9.78 Å². The van der Waals surface area contributed by atoms with Crippen LogP contribution in [0.5, 0.6) is 0 Å². The van der Waals surface area contributed by atoms with Crippen molar-refractivity contribution >= 4 is 17.5 Å². The summed E-state index contributed by atoms with van der Waals surface area (Å²) in [7, 11) is 0. The number of nitrogens with one attached hydrogen (secondary N) is 1. The van der Waals surface area contributed by atoms with Crippen molar-refractivity contribution in [2.24, 2.45) is 0 Å². The highest BCUT2D eigenvalue weighted by Gasteiger charge is 2.17. The summed E-state index contributed by atoms with van der Waals surface area (Å²) in [4.78, 5) is 20.6. The number of pyridine rings is 1. The van der Waals surface area contributed by atoms with Gasteiger partial charge in [0.25, 0.3) is 0 Å². The molecule has 2 amide bonds. The van der Waals surface area contributed by atoms with Gasteiger partial charge in [0.1, 0.15) is 5.82 Å². The van der Waals surface area contributed by atoms with Crippen LogP contribution in [0.2, 0.25) is 0 Å². The molecule has 6 heteroatoms. The van der Waals surface area contributed by atoms with Crippen LogP contribution in [0, 0.1) is 0 Å². The molecule has 21 heavy (non-hydrogen) atoms. The first-order chi connectivity index (χ1) is 10.3. The van der Waals surface area contributed by atoms with E-state index in [1.54, 1.807) is 6.20 Å². The molecule has 3 rings (SSSR count). The second kappa shape index (κ2) is 6.76. The van der Waals surface area contributed by atoms with E-state index in [0.717, 1.165) is 63.7 Å². The number of carbonyl (C=O) groups is 1. The molecule has 0 atom stereocenters. The Morgan fingerprint density at radius 2 is 1.86 bits per heavy atom. The van der Waals surface area contributed by atoms with E-state index in [9.17, 15) is 4.79 Å². The van der Waals surface area contributed by atoms with E-state index in [1.165, 1.54) is 6.42 Å². The summed E-state index contributed by atoms with van der Waals surface area (Å²) in [6.45, 7) is 4.93. The van der Waals surface area contributed by atoms with Gasteiger partial charge >= 0.3 is 6.03 Å². The molecule has 1 N–H and O–H groups in total. The summed E-state index contributed by atoms with van der Waals surface area (Å²) in [5, 5.41) is 2.92. The predicted octanol–water partition coefficient (Wildman–Crippen LogP) is 1.94. The summed E-state index contributed by atoms with van der Waals surface area (Å²) in [5.74, 6) is 0.939. The quantitative estimate of drug-likeness (QED) is 0.904. The molecule has 2 saturated heterocycles. The highest BCUT2D eigenvalue weighted by molar-refractivity contribution is 5.89. The number of amides is 2. The lowest BCUT2D eigenvalue weighted by atomic mass is 10.1. The fourth-order valence-electron chi connectivity index (χ4n) is 2.74. The highest BCUT2D eigenvalue weighted by Crippen LogP contribution is 2.16. The van der Waals surface area contributed by atoms with Gasteiger partial charge in [-0.1, -0.05) is 0 Å². The molecule has 0 radical (unpaired) electrons. The zero-order chi connectivity index (χ0) is 14.5. The van der Waals surface area contributed by atoms with Crippen molar-refractivity contribution < 1.29 is 9.53 Å². The van der Waals surface area contributed by atoms with Crippen LogP contribution in [0.25, 0.3) is 0 Å². The Bertz CT molecular complexity index is 465. The number of carbonyl (C=O) groups excluding carboxylic acids is 1. The number of rotatable bonds is 2. The molecule has 2 aliphatic rings. The van der Waals surface area contributed by atoms with E-state index in [0.29, 0.717) is 0 Å². The van der Waals surface area contributed by atoms with Crippen LogP contribution in [0.1, 0.15) is 19.3 Å². The number of hydrogen-bond acceptors (Lipinski definition) is 4. The molecule has 114 valence electrons. The fourth-order valence-corrected chi connectivity index (χ4v) is 2.74. The van der Waals surface area contributed by atoms with Gasteiger partial charge in [0.05, 0.1) is 25.1 Å². The Balaban J connectivity index is 1.57. The monoisotopic (exact) mass is 290 g/mol. The third-order valence-electron chi connectivity index (χ3n) is 3.98. The number of anilines is 2. The zero-order valence-corrected chi connectivity index (χ0v) is 12.3. The van der Waals surface area contributed by atoms with Crippen LogP contribution < -0.4 is 10.2 Å². The standard InChI is InChI=1S/C15H22N4O2/c20-15(19-6-2-1-3-7-19)17-13-4-5-14(16-12-13)18-8-10-21-11-9-18/h4-5,12H,1-3,6-11H2,(H,17,20). The van der Waals surface area contributed by atoms with Crippen molar-refractivity contribution in [1.29, 1.82) is 0 Å². The Hall–Kier alpha value is -1.82. The molecule has 0 unspecified atom stereocenters. The van der Waals surface area contributed by atoms with Gasteiger partial charge in [-0.3, -0.25) is 0 Å². The third-order valence-corrected chi connectivity index (χ3v) is 3.98. The van der Waals surface area contributed by atoms with Gasteiger partial charge in [-0.15, -0.1) is 0 Å². The predicted molar refractivity (Wildman–Crippen MR) is 81.7 cm³/mol. The number of likely N-dealkylation sites (tertiary alicyclic amines) is 1. The molecule has 0 spiro atoms. The van der Waals surface area contributed by atoms with Crippen LogP contribution >= 0.6 is 0 Å². The number of aromatic nitrogens is 1. The van der Waals surface area contributed by atoms with Crippen LogP contribution in [0.4, 0.5) is 16.3 Å². The average Bonchev–Trinajstić information content (AvgIpc) is 2.57. The van der Waals surface area contributed by atoms with Crippen molar-refractivity contribution in [2.75, 3.05) is 49.6 Å². The van der Waals surface area contributed by atoms with Gasteiger partial charge in [0, 0.05) is 26.2 Å². The summed E-state index contributed by atoms with van der Waals surface area (Å²) in [5.41, 5.74) is 0.752. The first-order valence-corrected chi connectivity index (χ1v) is 7.67. The zero-order valence-electron chi connectivity index (χ0n) is 12.3. The van der Waals surface area contributed by atoms with Gasteiger partial charge in [0.15, 0.2) is 0 Å².